The smallest absolute Gasteiger partial charge is 0.410 e. The van der Waals surface area contributed by atoms with E-state index < -0.39 is 5.60 Å². The summed E-state index contributed by atoms with van der Waals surface area (Å²) in [5.74, 6) is 0.528. The van der Waals surface area contributed by atoms with Gasteiger partial charge in [0.25, 0.3) is 5.91 Å². The molecule has 4 rings (SSSR count). The van der Waals surface area contributed by atoms with Gasteiger partial charge in [0.2, 0.25) is 0 Å². The number of nitrogens with zero attached hydrogens (tertiary/aromatic N) is 4. The monoisotopic (exact) mass is 493 g/mol. The van der Waals surface area contributed by atoms with E-state index in [2.05, 4.69) is 32.3 Å². The average molecular weight is 494 g/mol. The zero-order valence-corrected chi connectivity index (χ0v) is 21.6. The predicted octanol–water partition coefficient (Wildman–Crippen LogP) is 5.13. The molecule has 1 saturated heterocycles. The van der Waals surface area contributed by atoms with Crippen LogP contribution in [0.1, 0.15) is 41.6 Å². The van der Waals surface area contributed by atoms with Gasteiger partial charge in [-0.1, -0.05) is 29.8 Å². The number of carbonyl (C=O) groups is 2. The number of carbonyl (C=O) groups excluding carboxylic acids is 2. The molecule has 8 nitrogen and oxygen atoms in total. The molecule has 0 bridgehead atoms. The number of ether oxygens (including phenoxy) is 1. The van der Waals surface area contributed by atoms with Crippen molar-refractivity contribution in [3.8, 4) is 11.3 Å². The Kier molecular flexibility index (Phi) is 7.07. The van der Waals surface area contributed by atoms with Gasteiger partial charge in [0, 0.05) is 42.8 Å². The van der Waals surface area contributed by atoms with Crippen LogP contribution in [-0.2, 0) is 4.74 Å². The van der Waals surface area contributed by atoms with Gasteiger partial charge in [-0.3, -0.25) is 10.1 Å². The number of aryl methyl sites for hydroxylation is 2. The summed E-state index contributed by atoms with van der Waals surface area (Å²) < 4.78 is 5.45. The fraction of sp³-hybridized carbons (Fsp3) is 0.385. The molecule has 0 radical (unpaired) electrons. The van der Waals surface area contributed by atoms with Gasteiger partial charge in [-0.25, -0.2) is 14.8 Å². The molecule has 1 N–H and O–H groups in total. The second-order valence-electron chi connectivity index (χ2n) is 9.60. The Balaban J connectivity index is 1.35. The second kappa shape index (κ2) is 10.0. The summed E-state index contributed by atoms with van der Waals surface area (Å²) >= 11 is 1.45. The number of aromatic nitrogens is 2. The zero-order valence-electron chi connectivity index (χ0n) is 20.8. The average Bonchev–Trinajstić information content (AvgIpc) is 3.18. The Hall–Kier alpha value is -3.46. The predicted molar refractivity (Wildman–Crippen MR) is 139 cm³/mol. The molecule has 0 spiro atoms. The molecule has 0 saturated carbocycles. The number of hydrogen-bond acceptors (Lipinski definition) is 7. The number of anilines is 2. The Labute approximate surface area is 210 Å². The van der Waals surface area contributed by atoms with E-state index in [-0.39, 0.29) is 12.0 Å². The molecule has 3 heterocycles. The lowest BCUT2D eigenvalue weighted by molar-refractivity contribution is 0.0240. The minimum absolute atomic E-state index is 0.247. The van der Waals surface area contributed by atoms with Crippen molar-refractivity contribution in [3.63, 3.8) is 0 Å². The molecule has 184 valence electrons. The van der Waals surface area contributed by atoms with E-state index in [1.807, 2.05) is 52.8 Å². The van der Waals surface area contributed by atoms with Crippen LogP contribution in [0.25, 0.3) is 11.3 Å². The summed E-state index contributed by atoms with van der Waals surface area (Å²) in [5.41, 5.74) is 3.06. The van der Waals surface area contributed by atoms with Gasteiger partial charge in [-0.2, -0.15) is 0 Å². The van der Waals surface area contributed by atoms with E-state index >= 15 is 0 Å². The van der Waals surface area contributed by atoms with Gasteiger partial charge in [0.1, 0.15) is 11.4 Å². The van der Waals surface area contributed by atoms with Crippen molar-refractivity contribution in [2.24, 2.45) is 0 Å². The van der Waals surface area contributed by atoms with Crippen molar-refractivity contribution in [2.75, 3.05) is 36.4 Å². The highest BCUT2D eigenvalue weighted by Crippen LogP contribution is 2.30. The Morgan fingerprint density at radius 3 is 2.29 bits per heavy atom. The number of nitrogens with one attached hydrogen (secondary N) is 1. The standard InChI is InChI=1S/C26H31N5O3S/c1-17-6-8-19(9-7-17)22-18(2)35-24(28-22)29-23(32)20-10-11-21(27-16-20)30-12-14-31(15-13-30)25(33)34-26(3,4)5/h6-11,16H,12-15H2,1-5H3,(H,28,29,32). The normalized spacial score (nSPS) is 14.1. The number of benzene rings is 1. The number of hydrogen-bond donors (Lipinski definition) is 1. The van der Waals surface area contributed by atoms with E-state index in [4.69, 9.17) is 4.74 Å². The van der Waals surface area contributed by atoms with Crippen LogP contribution in [0, 0.1) is 13.8 Å². The molecule has 9 heteroatoms. The Bertz CT molecular complexity index is 1190. The highest BCUT2D eigenvalue weighted by atomic mass is 32.1. The first-order valence-corrected chi connectivity index (χ1v) is 12.5. The summed E-state index contributed by atoms with van der Waals surface area (Å²) in [6.07, 6.45) is 1.28. The summed E-state index contributed by atoms with van der Waals surface area (Å²) in [6.45, 7) is 12.1. The minimum atomic E-state index is -0.508. The first-order valence-electron chi connectivity index (χ1n) is 11.6. The van der Waals surface area contributed by atoms with Gasteiger partial charge >= 0.3 is 6.09 Å². The number of piperazine rings is 1. The minimum Gasteiger partial charge on any atom is -0.444 e. The third kappa shape index (κ3) is 6.16. The van der Waals surface area contributed by atoms with Crippen molar-refractivity contribution in [1.29, 1.82) is 0 Å². The second-order valence-corrected chi connectivity index (χ2v) is 10.8. The molecule has 0 atom stereocenters. The van der Waals surface area contributed by atoms with Crippen molar-refractivity contribution < 1.29 is 14.3 Å². The highest BCUT2D eigenvalue weighted by Gasteiger charge is 2.26. The third-order valence-corrected chi connectivity index (χ3v) is 6.49. The van der Waals surface area contributed by atoms with Crippen molar-refractivity contribution >= 4 is 34.3 Å². The Morgan fingerprint density at radius 2 is 1.69 bits per heavy atom. The SMILES string of the molecule is Cc1ccc(-c2nc(NC(=O)c3ccc(N4CCN(C(=O)OC(C)(C)C)CC4)nc3)sc2C)cc1. The molecule has 35 heavy (non-hydrogen) atoms. The van der Waals surface area contributed by atoms with Gasteiger partial charge in [-0.15, -0.1) is 11.3 Å². The van der Waals surface area contributed by atoms with E-state index in [0.29, 0.717) is 36.9 Å². The largest absolute Gasteiger partial charge is 0.444 e. The maximum atomic E-state index is 12.8. The maximum absolute atomic E-state index is 12.8. The van der Waals surface area contributed by atoms with E-state index in [9.17, 15) is 9.59 Å². The van der Waals surface area contributed by atoms with Crippen LogP contribution >= 0.6 is 11.3 Å². The Morgan fingerprint density at radius 1 is 1.00 bits per heavy atom. The molecule has 1 aromatic carbocycles. The lowest BCUT2D eigenvalue weighted by atomic mass is 10.1. The van der Waals surface area contributed by atoms with Gasteiger partial charge in [0.05, 0.1) is 11.3 Å². The topological polar surface area (TPSA) is 87.7 Å². The molecule has 3 aromatic rings. The quantitative estimate of drug-likeness (QED) is 0.542. The maximum Gasteiger partial charge on any atom is 0.410 e. The third-order valence-electron chi connectivity index (χ3n) is 5.61. The molecule has 0 aliphatic carbocycles. The molecule has 1 aliphatic heterocycles. The summed E-state index contributed by atoms with van der Waals surface area (Å²) in [5, 5.41) is 3.45. The number of pyridine rings is 1. The summed E-state index contributed by atoms with van der Waals surface area (Å²) in [7, 11) is 0. The van der Waals surface area contributed by atoms with Crippen LogP contribution in [0.15, 0.2) is 42.6 Å². The number of amides is 2. The van der Waals surface area contributed by atoms with Crippen LogP contribution in [-0.4, -0.2) is 58.6 Å². The van der Waals surface area contributed by atoms with Crippen LogP contribution in [0.2, 0.25) is 0 Å². The molecule has 0 unspecified atom stereocenters. The van der Waals surface area contributed by atoms with Gasteiger partial charge < -0.3 is 14.5 Å². The summed E-state index contributed by atoms with van der Waals surface area (Å²) in [6, 6.07) is 11.8. The van der Waals surface area contributed by atoms with Crippen LogP contribution in [0.5, 0.6) is 0 Å². The van der Waals surface area contributed by atoms with Gasteiger partial charge in [-0.05, 0) is 46.8 Å². The van der Waals surface area contributed by atoms with Gasteiger partial charge in [0.15, 0.2) is 5.13 Å². The summed E-state index contributed by atoms with van der Waals surface area (Å²) in [4.78, 5) is 39.0. The van der Waals surface area contributed by atoms with Crippen molar-refractivity contribution in [1.82, 2.24) is 14.9 Å². The van der Waals surface area contributed by atoms with E-state index in [0.717, 1.165) is 22.0 Å². The van der Waals surface area contributed by atoms with Crippen LogP contribution in [0.4, 0.5) is 15.7 Å². The first-order chi connectivity index (χ1) is 16.6. The first kappa shape index (κ1) is 24.7. The fourth-order valence-electron chi connectivity index (χ4n) is 3.75. The van der Waals surface area contributed by atoms with Crippen molar-refractivity contribution in [3.05, 3.63) is 58.6 Å². The number of rotatable bonds is 4. The lowest BCUT2D eigenvalue weighted by Crippen LogP contribution is -2.50. The van der Waals surface area contributed by atoms with Crippen molar-refractivity contribution in [2.45, 2.75) is 40.2 Å². The molecular weight excluding hydrogens is 462 g/mol. The fourth-order valence-corrected chi connectivity index (χ4v) is 4.58. The molecule has 2 amide bonds. The molecule has 2 aromatic heterocycles. The molecule has 1 fully saturated rings. The highest BCUT2D eigenvalue weighted by molar-refractivity contribution is 7.16. The van der Waals surface area contributed by atoms with E-state index in [1.165, 1.54) is 16.9 Å². The lowest BCUT2D eigenvalue weighted by Gasteiger charge is -2.36. The van der Waals surface area contributed by atoms with Crippen LogP contribution in [0.3, 0.4) is 0 Å². The zero-order chi connectivity index (χ0) is 25.2. The molecular formula is C26H31N5O3S. The van der Waals surface area contributed by atoms with Crippen LogP contribution < -0.4 is 10.2 Å². The number of thiazole rings is 1. The van der Waals surface area contributed by atoms with E-state index in [1.54, 1.807) is 17.2 Å². The molecule has 1 aliphatic rings.